The number of carbonyl (C=O) groups is 3. The quantitative estimate of drug-likeness (QED) is 0.480. The standard InChI is InChI=1S/C20H27NO6S/c1-4-21(17-9-10-28(25,26)13-17)19(23)12-27-20(24)8-7-18(22)16-6-5-14(2)15(3)11-16/h5-6,11,17H,4,7-10,12-13H2,1-3H3. The molecule has 1 atom stereocenters. The van der Waals surface area contributed by atoms with Gasteiger partial charge >= 0.3 is 5.97 Å². The fraction of sp³-hybridized carbons (Fsp3) is 0.550. The fourth-order valence-corrected chi connectivity index (χ4v) is 4.96. The van der Waals surface area contributed by atoms with Crippen molar-refractivity contribution >= 4 is 27.5 Å². The zero-order valence-electron chi connectivity index (χ0n) is 16.6. The van der Waals surface area contributed by atoms with E-state index in [1.807, 2.05) is 19.9 Å². The minimum absolute atomic E-state index is 0.00782. The van der Waals surface area contributed by atoms with Crippen LogP contribution in [0, 0.1) is 13.8 Å². The van der Waals surface area contributed by atoms with Crippen LogP contribution < -0.4 is 0 Å². The average molecular weight is 410 g/mol. The van der Waals surface area contributed by atoms with Crippen LogP contribution in [0.4, 0.5) is 0 Å². The lowest BCUT2D eigenvalue weighted by molar-refractivity contribution is -0.152. The average Bonchev–Trinajstić information content (AvgIpc) is 3.00. The Hall–Kier alpha value is -2.22. The summed E-state index contributed by atoms with van der Waals surface area (Å²) in [7, 11) is -3.10. The summed E-state index contributed by atoms with van der Waals surface area (Å²) >= 11 is 0. The second kappa shape index (κ2) is 9.32. The number of hydrogen-bond donors (Lipinski definition) is 0. The van der Waals surface area contributed by atoms with Crippen molar-refractivity contribution in [3.63, 3.8) is 0 Å². The predicted octanol–water partition coefficient (Wildman–Crippen LogP) is 1.85. The van der Waals surface area contributed by atoms with E-state index in [4.69, 9.17) is 4.74 Å². The number of nitrogens with zero attached hydrogens (tertiary/aromatic N) is 1. The van der Waals surface area contributed by atoms with Gasteiger partial charge in [-0.1, -0.05) is 12.1 Å². The smallest absolute Gasteiger partial charge is 0.306 e. The molecule has 0 aromatic heterocycles. The molecule has 28 heavy (non-hydrogen) atoms. The molecule has 1 aliphatic heterocycles. The summed E-state index contributed by atoms with van der Waals surface area (Å²) in [6.07, 6.45) is 0.303. The molecular weight excluding hydrogens is 382 g/mol. The first-order valence-corrected chi connectivity index (χ1v) is 11.2. The van der Waals surface area contributed by atoms with Gasteiger partial charge in [0, 0.05) is 24.6 Å². The number of hydrogen-bond acceptors (Lipinski definition) is 6. The van der Waals surface area contributed by atoms with Gasteiger partial charge in [0.15, 0.2) is 22.2 Å². The second-order valence-electron chi connectivity index (χ2n) is 7.12. The van der Waals surface area contributed by atoms with E-state index in [0.717, 1.165) is 11.1 Å². The Morgan fingerprint density at radius 1 is 1.14 bits per heavy atom. The molecule has 2 rings (SSSR count). The summed E-state index contributed by atoms with van der Waals surface area (Å²) in [5.41, 5.74) is 2.64. The van der Waals surface area contributed by atoms with Crippen LogP contribution in [0.15, 0.2) is 18.2 Å². The van der Waals surface area contributed by atoms with Gasteiger partial charge in [-0.3, -0.25) is 14.4 Å². The van der Waals surface area contributed by atoms with Gasteiger partial charge in [-0.25, -0.2) is 8.42 Å². The summed E-state index contributed by atoms with van der Waals surface area (Å²) in [5, 5.41) is 0. The molecule has 0 aliphatic carbocycles. The molecule has 1 aliphatic rings. The lowest BCUT2D eigenvalue weighted by Gasteiger charge is -2.26. The Labute approximate surface area is 166 Å². The van der Waals surface area contributed by atoms with Crippen LogP contribution in [0.3, 0.4) is 0 Å². The van der Waals surface area contributed by atoms with Crippen molar-refractivity contribution in [3.05, 3.63) is 34.9 Å². The number of Topliss-reactive ketones (excluding diaryl/α,β-unsaturated/α-hetero) is 1. The molecule has 8 heteroatoms. The second-order valence-corrected chi connectivity index (χ2v) is 9.35. The minimum atomic E-state index is -3.10. The predicted molar refractivity (Wildman–Crippen MR) is 105 cm³/mol. The summed E-state index contributed by atoms with van der Waals surface area (Å²) in [4.78, 5) is 37.8. The first-order valence-electron chi connectivity index (χ1n) is 9.39. The van der Waals surface area contributed by atoms with Gasteiger partial charge in [0.05, 0.1) is 17.9 Å². The number of benzene rings is 1. The zero-order chi connectivity index (χ0) is 20.9. The van der Waals surface area contributed by atoms with E-state index in [-0.39, 0.29) is 36.2 Å². The number of ketones is 1. The lowest BCUT2D eigenvalue weighted by atomic mass is 10.0. The molecule has 7 nitrogen and oxygen atoms in total. The normalized spacial score (nSPS) is 17.9. The summed E-state index contributed by atoms with van der Waals surface area (Å²) in [5.74, 6) is -1.18. The third-order valence-corrected chi connectivity index (χ3v) is 6.80. The number of ether oxygens (including phenoxy) is 1. The van der Waals surface area contributed by atoms with Gasteiger partial charge in [-0.15, -0.1) is 0 Å². The summed E-state index contributed by atoms with van der Waals surface area (Å²) in [6.45, 7) is 5.54. The van der Waals surface area contributed by atoms with Crippen LogP contribution in [0.25, 0.3) is 0 Å². The SMILES string of the molecule is CCN(C(=O)COC(=O)CCC(=O)c1ccc(C)c(C)c1)C1CCS(=O)(=O)C1. The van der Waals surface area contributed by atoms with E-state index >= 15 is 0 Å². The van der Waals surface area contributed by atoms with Crippen molar-refractivity contribution in [2.24, 2.45) is 0 Å². The largest absolute Gasteiger partial charge is 0.456 e. The molecule has 0 spiro atoms. The molecule has 1 aromatic rings. The molecule has 0 saturated carbocycles. The third-order valence-electron chi connectivity index (χ3n) is 5.05. The number of amides is 1. The first kappa shape index (κ1) is 22.1. The van der Waals surface area contributed by atoms with Crippen molar-refractivity contribution in [3.8, 4) is 0 Å². The van der Waals surface area contributed by atoms with Crippen molar-refractivity contribution < 1.29 is 27.5 Å². The van der Waals surface area contributed by atoms with Crippen LogP contribution in [-0.2, 0) is 24.2 Å². The third kappa shape index (κ3) is 5.89. The highest BCUT2D eigenvalue weighted by atomic mass is 32.2. The van der Waals surface area contributed by atoms with Gasteiger partial charge in [0.2, 0.25) is 0 Å². The molecule has 1 unspecified atom stereocenters. The minimum Gasteiger partial charge on any atom is -0.456 e. The molecular formula is C20H27NO6S. The van der Waals surface area contributed by atoms with Gasteiger partial charge in [0.25, 0.3) is 5.91 Å². The molecule has 1 fully saturated rings. The van der Waals surface area contributed by atoms with Crippen LogP contribution >= 0.6 is 0 Å². The maximum Gasteiger partial charge on any atom is 0.306 e. The van der Waals surface area contributed by atoms with Crippen molar-refractivity contribution in [1.29, 1.82) is 0 Å². The van der Waals surface area contributed by atoms with Crippen LogP contribution in [0.5, 0.6) is 0 Å². The Morgan fingerprint density at radius 2 is 1.86 bits per heavy atom. The number of esters is 1. The molecule has 1 amide bonds. The number of rotatable bonds is 8. The van der Waals surface area contributed by atoms with E-state index in [9.17, 15) is 22.8 Å². The molecule has 0 N–H and O–H groups in total. The van der Waals surface area contributed by atoms with Gasteiger partial charge in [-0.05, 0) is 44.4 Å². The Bertz CT molecular complexity index is 861. The van der Waals surface area contributed by atoms with E-state index in [1.165, 1.54) is 4.90 Å². The maximum absolute atomic E-state index is 12.3. The highest BCUT2D eigenvalue weighted by Gasteiger charge is 2.34. The molecule has 1 heterocycles. The van der Waals surface area contributed by atoms with Crippen LogP contribution in [-0.4, -0.2) is 61.7 Å². The monoisotopic (exact) mass is 409 g/mol. The fourth-order valence-electron chi connectivity index (χ4n) is 3.23. The topological polar surface area (TPSA) is 97.8 Å². The van der Waals surface area contributed by atoms with Crippen molar-refractivity contribution in [1.82, 2.24) is 4.90 Å². The molecule has 0 radical (unpaired) electrons. The molecule has 1 aromatic carbocycles. The Kier molecular flexibility index (Phi) is 7.35. The van der Waals surface area contributed by atoms with E-state index in [2.05, 4.69) is 0 Å². The highest BCUT2D eigenvalue weighted by Crippen LogP contribution is 2.18. The Morgan fingerprint density at radius 3 is 2.43 bits per heavy atom. The van der Waals surface area contributed by atoms with E-state index in [1.54, 1.807) is 19.1 Å². The van der Waals surface area contributed by atoms with E-state index in [0.29, 0.717) is 18.5 Å². The summed E-state index contributed by atoms with van der Waals surface area (Å²) < 4.78 is 28.2. The number of carbonyl (C=O) groups excluding carboxylic acids is 3. The van der Waals surface area contributed by atoms with Gasteiger partial charge in [-0.2, -0.15) is 0 Å². The number of likely N-dealkylation sites (N-methyl/N-ethyl adjacent to an activating group) is 1. The lowest BCUT2D eigenvalue weighted by Crippen LogP contribution is -2.43. The molecule has 154 valence electrons. The van der Waals surface area contributed by atoms with Crippen molar-refractivity contribution in [2.75, 3.05) is 24.7 Å². The number of aryl methyl sites for hydroxylation is 2. The summed E-state index contributed by atoms with van der Waals surface area (Å²) in [6, 6.07) is 5.02. The van der Waals surface area contributed by atoms with Crippen molar-refractivity contribution in [2.45, 2.75) is 46.1 Å². The van der Waals surface area contributed by atoms with Crippen LogP contribution in [0.1, 0.15) is 47.7 Å². The highest BCUT2D eigenvalue weighted by molar-refractivity contribution is 7.91. The Balaban J connectivity index is 1.80. The van der Waals surface area contributed by atoms with E-state index < -0.39 is 28.3 Å². The number of sulfone groups is 1. The first-order chi connectivity index (χ1) is 13.1. The molecule has 0 bridgehead atoms. The van der Waals surface area contributed by atoms with Gasteiger partial charge < -0.3 is 9.64 Å². The molecule has 1 saturated heterocycles. The maximum atomic E-state index is 12.3. The van der Waals surface area contributed by atoms with Gasteiger partial charge in [0.1, 0.15) is 0 Å². The van der Waals surface area contributed by atoms with Crippen LogP contribution in [0.2, 0.25) is 0 Å². The zero-order valence-corrected chi connectivity index (χ0v) is 17.4.